The van der Waals surface area contributed by atoms with Gasteiger partial charge in [0, 0.05) is 37.1 Å². The molecule has 0 unspecified atom stereocenters. The summed E-state index contributed by atoms with van der Waals surface area (Å²) in [4.78, 5) is 0. The Morgan fingerprint density at radius 2 is 2.36 bits per heavy atom. The van der Waals surface area contributed by atoms with E-state index in [-0.39, 0.29) is 0 Å². The Morgan fingerprint density at radius 1 is 1.57 bits per heavy atom. The summed E-state index contributed by atoms with van der Waals surface area (Å²) in [5, 5.41) is 3.91. The SMILES string of the molecule is Cc1noc(-c2ccn(C)c2)c1CN. The number of rotatable bonds is 2. The highest BCUT2D eigenvalue weighted by Crippen LogP contribution is 2.25. The lowest BCUT2D eigenvalue weighted by molar-refractivity contribution is 0.426. The average Bonchev–Trinajstić information content (AvgIpc) is 2.71. The van der Waals surface area contributed by atoms with E-state index >= 15 is 0 Å². The maximum atomic E-state index is 5.63. The van der Waals surface area contributed by atoms with Crippen LogP contribution in [0.4, 0.5) is 0 Å². The molecule has 0 atom stereocenters. The summed E-state index contributed by atoms with van der Waals surface area (Å²) in [6.45, 7) is 2.36. The molecule has 0 bridgehead atoms. The number of nitrogens with zero attached hydrogens (tertiary/aromatic N) is 2. The van der Waals surface area contributed by atoms with Crippen LogP contribution >= 0.6 is 0 Å². The summed E-state index contributed by atoms with van der Waals surface area (Å²) < 4.78 is 7.21. The summed E-state index contributed by atoms with van der Waals surface area (Å²) >= 11 is 0. The molecule has 0 amide bonds. The lowest BCUT2D eigenvalue weighted by Gasteiger charge is -1.95. The monoisotopic (exact) mass is 191 g/mol. The van der Waals surface area contributed by atoms with E-state index in [1.165, 1.54) is 0 Å². The van der Waals surface area contributed by atoms with Crippen molar-refractivity contribution in [2.45, 2.75) is 13.5 Å². The predicted octanol–water partition coefficient (Wildman–Crippen LogP) is 1.45. The third kappa shape index (κ3) is 1.33. The molecular formula is C10H13N3O. The van der Waals surface area contributed by atoms with Crippen molar-refractivity contribution in [1.29, 1.82) is 0 Å². The minimum absolute atomic E-state index is 0.458. The Morgan fingerprint density at radius 3 is 2.93 bits per heavy atom. The summed E-state index contributed by atoms with van der Waals surface area (Å²) in [6.07, 6.45) is 3.95. The molecule has 0 aliphatic rings. The van der Waals surface area contributed by atoms with Gasteiger partial charge < -0.3 is 14.8 Å². The Labute approximate surface area is 82.3 Å². The van der Waals surface area contributed by atoms with Crippen LogP contribution in [0.2, 0.25) is 0 Å². The predicted molar refractivity (Wildman–Crippen MR) is 53.5 cm³/mol. The van der Waals surface area contributed by atoms with Gasteiger partial charge in [0.25, 0.3) is 0 Å². The summed E-state index contributed by atoms with van der Waals surface area (Å²) in [6, 6.07) is 1.99. The molecule has 0 saturated heterocycles. The molecule has 0 aliphatic heterocycles. The van der Waals surface area contributed by atoms with Crippen LogP contribution in [0, 0.1) is 6.92 Å². The maximum absolute atomic E-state index is 5.63. The number of aromatic nitrogens is 2. The fraction of sp³-hybridized carbons (Fsp3) is 0.300. The van der Waals surface area contributed by atoms with Gasteiger partial charge in [-0.1, -0.05) is 5.16 Å². The van der Waals surface area contributed by atoms with Gasteiger partial charge in [-0.2, -0.15) is 0 Å². The van der Waals surface area contributed by atoms with E-state index in [1.54, 1.807) is 0 Å². The standard InChI is InChI=1S/C10H13N3O/c1-7-9(5-11)10(14-12-7)8-3-4-13(2)6-8/h3-4,6H,5,11H2,1-2H3. The number of nitrogens with two attached hydrogens (primary N) is 1. The summed E-state index contributed by atoms with van der Waals surface area (Å²) in [7, 11) is 1.97. The van der Waals surface area contributed by atoms with Crippen molar-refractivity contribution in [3.8, 4) is 11.3 Å². The van der Waals surface area contributed by atoms with Gasteiger partial charge in [0.05, 0.1) is 5.69 Å². The lowest BCUT2D eigenvalue weighted by atomic mass is 10.1. The van der Waals surface area contributed by atoms with Crippen molar-refractivity contribution in [3.63, 3.8) is 0 Å². The van der Waals surface area contributed by atoms with E-state index in [2.05, 4.69) is 5.16 Å². The van der Waals surface area contributed by atoms with Crippen LogP contribution in [0.1, 0.15) is 11.3 Å². The van der Waals surface area contributed by atoms with E-state index in [4.69, 9.17) is 10.3 Å². The first kappa shape index (κ1) is 9.02. The Hall–Kier alpha value is -1.55. The zero-order chi connectivity index (χ0) is 10.1. The molecule has 0 aromatic carbocycles. The Balaban J connectivity index is 2.51. The minimum atomic E-state index is 0.458. The smallest absolute Gasteiger partial charge is 0.173 e. The third-order valence-corrected chi connectivity index (χ3v) is 2.28. The molecular weight excluding hydrogens is 178 g/mol. The van der Waals surface area contributed by atoms with E-state index < -0.39 is 0 Å². The third-order valence-electron chi connectivity index (χ3n) is 2.28. The van der Waals surface area contributed by atoms with Crippen LogP contribution in [0.25, 0.3) is 11.3 Å². The largest absolute Gasteiger partial charge is 0.357 e. The summed E-state index contributed by atoms with van der Waals surface area (Å²) in [5.74, 6) is 0.783. The Bertz CT molecular complexity index is 442. The van der Waals surface area contributed by atoms with Crippen LogP contribution in [-0.2, 0) is 13.6 Å². The second kappa shape index (κ2) is 3.31. The molecule has 0 radical (unpaired) electrons. The molecule has 4 nitrogen and oxygen atoms in total. The fourth-order valence-corrected chi connectivity index (χ4v) is 1.49. The second-order valence-corrected chi connectivity index (χ2v) is 3.35. The zero-order valence-corrected chi connectivity index (χ0v) is 8.32. The van der Waals surface area contributed by atoms with Gasteiger partial charge in [-0.25, -0.2) is 0 Å². The van der Waals surface area contributed by atoms with Crippen molar-refractivity contribution < 1.29 is 4.52 Å². The molecule has 0 saturated carbocycles. The first-order valence-electron chi connectivity index (χ1n) is 4.50. The molecule has 0 aliphatic carbocycles. The van der Waals surface area contributed by atoms with E-state index in [9.17, 15) is 0 Å². The van der Waals surface area contributed by atoms with E-state index in [0.29, 0.717) is 6.54 Å². The van der Waals surface area contributed by atoms with Gasteiger partial charge in [0.2, 0.25) is 0 Å². The molecule has 2 aromatic heterocycles. The van der Waals surface area contributed by atoms with Gasteiger partial charge in [0.1, 0.15) is 0 Å². The molecule has 14 heavy (non-hydrogen) atoms. The molecule has 2 N–H and O–H groups in total. The highest BCUT2D eigenvalue weighted by molar-refractivity contribution is 5.61. The van der Waals surface area contributed by atoms with Crippen LogP contribution in [0.5, 0.6) is 0 Å². The van der Waals surface area contributed by atoms with E-state index in [0.717, 1.165) is 22.6 Å². The highest BCUT2D eigenvalue weighted by Gasteiger charge is 2.13. The molecule has 2 heterocycles. The van der Waals surface area contributed by atoms with Gasteiger partial charge >= 0.3 is 0 Å². The Kier molecular flexibility index (Phi) is 2.13. The van der Waals surface area contributed by atoms with Crippen LogP contribution in [0.3, 0.4) is 0 Å². The van der Waals surface area contributed by atoms with Crippen molar-refractivity contribution in [1.82, 2.24) is 9.72 Å². The van der Waals surface area contributed by atoms with Gasteiger partial charge in [-0.15, -0.1) is 0 Å². The lowest BCUT2D eigenvalue weighted by Crippen LogP contribution is -1.98. The molecule has 2 aromatic rings. The van der Waals surface area contributed by atoms with Crippen LogP contribution < -0.4 is 5.73 Å². The van der Waals surface area contributed by atoms with Gasteiger partial charge in [0.15, 0.2) is 5.76 Å². The molecule has 74 valence electrons. The van der Waals surface area contributed by atoms with Crippen molar-refractivity contribution in [2.75, 3.05) is 0 Å². The normalized spacial score (nSPS) is 10.8. The number of hydrogen-bond acceptors (Lipinski definition) is 3. The quantitative estimate of drug-likeness (QED) is 0.781. The fourth-order valence-electron chi connectivity index (χ4n) is 1.49. The van der Waals surface area contributed by atoms with E-state index in [1.807, 2.05) is 37.0 Å². The van der Waals surface area contributed by atoms with Gasteiger partial charge in [-0.05, 0) is 13.0 Å². The topological polar surface area (TPSA) is 57.0 Å². The minimum Gasteiger partial charge on any atom is -0.357 e. The number of hydrogen-bond donors (Lipinski definition) is 1. The molecule has 2 rings (SSSR count). The van der Waals surface area contributed by atoms with Gasteiger partial charge in [-0.3, -0.25) is 0 Å². The summed E-state index contributed by atoms with van der Waals surface area (Å²) in [5.41, 5.74) is 8.50. The van der Waals surface area contributed by atoms with Crippen molar-refractivity contribution in [2.24, 2.45) is 12.8 Å². The second-order valence-electron chi connectivity index (χ2n) is 3.35. The van der Waals surface area contributed by atoms with Crippen molar-refractivity contribution in [3.05, 3.63) is 29.7 Å². The molecule has 4 heteroatoms. The van der Waals surface area contributed by atoms with Crippen LogP contribution in [-0.4, -0.2) is 9.72 Å². The zero-order valence-electron chi connectivity index (χ0n) is 8.32. The molecule has 0 spiro atoms. The first-order valence-corrected chi connectivity index (χ1v) is 4.50. The highest BCUT2D eigenvalue weighted by atomic mass is 16.5. The number of aryl methyl sites for hydroxylation is 2. The molecule has 0 fully saturated rings. The average molecular weight is 191 g/mol. The van der Waals surface area contributed by atoms with Crippen LogP contribution in [0.15, 0.2) is 23.0 Å². The first-order chi connectivity index (χ1) is 6.72. The van der Waals surface area contributed by atoms with Crippen molar-refractivity contribution >= 4 is 0 Å². The maximum Gasteiger partial charge on any atom is 0.173 e.